The number of nitrogens with one attached hydrogen (secondary N) is 1. The van der Waals surface area contributed by atoms with Crippen molar-refractivity contribution >= 4 is 31.6 Å². The van der Waals surface area contributed by atoms with Crippen molar-refractivity contribution in [2.45, 2.75) is 11.8 Å². The number of nitriles is 1. The van der Waals surface area contributed by atoms with Crippen LogP contribution < -0.4 is 4.72 Å². The predicted molar refractivity (Wildman–Crippen MR) is 80.8 cm³/mol. The van der Waals surface area contributed by atoms with E-state index in [-0.39, 0.29) is 10.5 Å². The Balaban J connectivity index is 2.44. The molecule has 0 heterocycles. The number of rotatable bonds is 3. The van der Waals surface area contributed by atoms with Crippen LogP contribution in [0, 0.1) is 24.1 Å². The minimum absolute atomic E-state index is 0.172. The first kappa shape index (κ1) is 15.5. The van der Waals surface area contributed by atoms with Gasteiger partial charge in [-0.3, -0.25) is 4.72 Å². The van der Waals surface area contributed by atoms with Gasteiger partial charge in [0.15, 0.2) is 0 Å². The van der Waals surface area contributed by atoms with Crippen molar-refractivity contribution in [1.29, 1.82) is 5.26 Å². The molecule has 0 saturated carbocycles. The first-order chi connectivity index (χ1) is 9.85. The number of benzene rings is 2. The van der Waals surface area contributed by atoms with Crippen molar-refractivity contribution in [3.05, 3.63) is 57.8 Å². The van der Waals surface area contributed by atoms with Gasteiger partial charge in [0.05, 0.1) is 16.1 Å². The predicted octanol–water partition coefficient (Wildman–Crippen LogP) is 3.57. The van der Waals surface area contributed by atoms with Crippen molar-refractivity contribution < 1.29 is 12.8 Å². The zero-order valence-electron chi connectivity index (χ0n) is 10.9. The highest BCUT2D eigenvalue weighted by Gasteiger charge is 2.18. The van der Waals surface area contributed by atoms with Crippen LogP contribution in [-0.2, 0) is 10.0 Å². The highest BCUT2D eigenvalue weighted by atomic mass is 79.9. The SMILES string of the molecule is Cc1cccc(NS(=O)(=O)c2ccc(F)c(C#N)c2)c1Br. The van der Waals surface area contributed by atoms with Gasteiger partial charge in [-0.15, -0.1) is 0 Å². The van der Waals surface area contributed by atoms with Crippen molar-refractivity contribution in [2.24, 2.45) is 0 Å². The van der Waals surface area contributed by atoms with Gasteiger partial charge in [0.1, 0.15) is 11.9 Å². The number of hydrogen-bond acceptors (Lipinski definition) is 3. The van der Waals surface area contributed by atoms with Crippen molar-refractivity contribution in [3.63, 3.8) is 0 Å². The summed E-state index contributed by atoms with van der Waals surface area (Å²) in [6.07, 6.45) is 0. The van der Waals surface area contributed by atoms with E-state index in [1.54, 1.807) is 18.2 Å². The van der Waals surface area contributed by atoms with Crippen LogP contribution in [0.3, 0.4) is 0 Å². The molecule has 0 saturated heterocycles. The number of hydrogen-bond donors (Lipinski definition) is 1. The zero-order chi connectivity index (χ0) is 15.6. The maximum atomic E-state index is 13.3. The first-order valence-corrected chi connectivity index (χ1v) is 8.10. The van der Waals surface area contributed by atoms with Gasteiger partial charge >= 0.3 is 0 Å². The number of halogens is 2. The molecule has 7 heteroatoms. The second-order valence-corrected chi connectivity index (χ2v) is 6.77. The monoisotopic (exact) mass is 368 g/mol. The average Bonchev–Trinajstić information content (AvgIpc) is 2.44. The molecule has 0 amide bonds. The van der Waals surface area contributed by atoms with Crippen LogP contribution in [0.2, 0.25) is 0 Å². The second-order valence-electron chi connectivity index (χ2n) is 4.30. The lowest BCUT2D eigenvalue weighted by Gasteiger charge is -2.11. The van der Waals surface area contributed by atoms with Crippen molar-refractivity contribution in [2.75, 3.05) is 4.72 Å². The van der Waals surface area contributed by atoms with E-state index in [0.29, 0.717) is 10.2 Å². The summed E-state index contributed by atoms with van der Waals surface area (Å²) in [6, 6.07) is 9.83. The standard InChI is InChI=1S/C14H10BrFN2O2S/c1-9-3-2-4-13(14(9)15)18-21(19,20)11-5-6-12(16)10(7-11)8-17/h2-7,18H,1H3. The Labute approximate surface area is 130 Å². The fourth-order valence-corrected chi connectivity index (χ4v) is 3.28. The molecule has 0 aliphatic carbocycles. The summed E-state index contributed by atoms with van der Waals surface area (Å²) in [6.45, 7) is 1.83. The third-order valence-electron chi connectivity index (χ3n) is 2.80. The Morgan fingerprint density at radius 3 is 2.67 bits per heavy atom. The average molecular weight is 369 g/mol. The number of anilines is 1. The minimum Gasteiger partial charge on any atom is -0.278 e. The summed E-state index contributed by atoms with van der Waals surface area (Å²) in [7, 11) is -3.90. The summed E-state index contributed by atoms with van der Waals surface area (Å²) in [4.78, 5) is -0.172. The molecule has 1 N–H and O–H groups in total. The molecule has 108 valence electrons. The molecule has 0 radical (unpaired) electrons. The second kappa shape index (κ2) is 5.84. The van der Waals surface area contributed by atoms with E-state index in [4.69, 9.17) is 5.26 Å². The minimum atomic E-state index is -3.90. The zero-order valence-corrected chi connectivity index (χ0v) is 13.3. The molecule has 0 aliphatic rings. The number of nitrogens with zero attached hydrogens (tertiary/aromatic N) is 1. The lowest BCUT2D eigenvalue weighted by atomic mass is 10.2. The van der Waals surface area contributed by atoms with E-state index in [0.717, 1.165) is 23.8 Å². The highest BCUT2D eigenvalue weighted by molar-refractivity contribution is 9.10. The molecule has 4 nitrogen and oxygen atoms in total. The van der Waals surface area contributed by atoms with Crippen LogP contribution in [0.5, 0.6) is 0 Å². The fraction of sp³-hybridized carbons (Fsp3) is 0.0714. The molecule has 0 aliphatic heterocycles. The summed E-state index contributed by atoms with van der Waals surface area (Å²) in [5.41, 5.74) is 0.922. The van der Waals surface area contributed by atoms with E-state index >= 15 is 0 Å². The smallest absolute Gasteiger partial charge is 0.261 e. The van der Waals surface area contributed by atoms with Crippen LogP contribution in [-0.4, -0.2) is 8.42 Å². The molecule has 0 fully saturated rings. The van der Waals surface area contributed by atoms with Gasteiger partial charge in [0.25, 0.3) is 10.0 Å². The van der Waals surface area contributed by atoms with Gasteiger partial charge in [-0.05, 0) is 52.7 Å². The lowest BCUT2D eigenvalue weighted by Crippen LogP contribution is -2.14. The molecule has 2 aromatic carbocycles. The molecule has 0 atom stereocenters. The van der Waals surface area contributed by atoms with Crippen LogP contribution in [0.25, 0.3) is 0 Å². The fourth-order valence-electron chi connectivity index (χ4n) is 1.69. The van der Waals surface area contributed by atoms with E-state index in [1.165, 1.54) is 0 Å². The Morgan fingerprint density at radius 2 is 2.00 bits per heavy atom. The topological polar surface area (TPSA) is 70.0 Å². The third-order valence-corrected chi connectivity index (χ3v) is 5.22. The number of sulfonamides is 1. The first-order valence-electron chi connectivity index (χ1n) is 5.83. The van der Waals surface area contributed by atoms with Crippen LogP contribution >= 0.6 is 15.9 Å². The molecule has 0 bridgehead atoms. The summed E-state index contributed by atoms with van der Waals surface area (Å²) in [5.74, 6) is -0.756. The third kappa shape index (κ3) is 3.23. The maximum Gasteiger partial charge on any atom is 0.261 e. The Morgan fingerprint density at radius 1 is 1.29 bits per heavy atom. The molecule has 2 aromatic rings. The molecule has 21 heavy (non-hydrogen) atoms. The maximum absolute atomic E-state index is 13.3. The summed E-state index contributed by atoms with van der Waals surface area (Å²) >= 11 is 3.31. The highest BCUT2D eigenvalue weighted by Crippen LogP contribution is 2.28. The van der Waals surface area contributed by atoms with Gasteiger partial charge in [-0.2, -0.15) is 5.26 Å². The molecular formula is C14H10BrFN2O2S. The summed E-state index contributed by atoms with van der Waals surface area (Å²) in [5, 5.41) is 8.77. The van der Waals surface area contributed by atoms with E-state index in [2.05, 4.69) is 20.7 Å². The molecule has 2 rings (SSSR count). The quantitative estimate of drug-likeness (QED) is 0.899. The van der Waals surface area contributed by atoms with Crippen molar-refractivity contribution in [1.82, 2.24) is 0 Å². The van der Waals surface area contributed by atoms with Gasteiger partial charge in [-0.1, -0.05) is 12.1 Å². The Hall–Kier alpha value is -1.91. The lowest BCUT2D eigenvalue weighted by molar-refractivity contribution is 0.599. The van der Waals surface area contributed by atoms with E-state index in [9.17, 15) is 12.8 Å². The molecule has 0 unspecified atom stereocenters. The van der Waals surface area contributed by atoms with Gasteiger partial charge < -0.3 is 0 Å². The Kier molecular flexibility index (Phi) is 4.30. The van der Waals surface area contributed by atoms with Crippen LogP contribution in [0.1, 0.15) is 11.1 Å². The normalized spacial score (nSPS) is 11.0. The molecular weight excluding hydrogens is 359 g/mol. The van der Waals surface area contributed by atoms with E-state index in [1.807, 2.05) is 13.0 Å². The Bertz CT molecular complexity index is 845. The molecule has 0 spiro atoms. The van der Waals surface area contributed by atoms with Gasteiger partial charge in [0.2, 0.25) is 0 Å². The number of aryl methyl sites for hydroxylation is 1. The largest absolute Gasteiger partial charge is 0.278 e. The van der Waals surface area contributed by atoms with Crippen molar-refractivity contribution in [3.8, 4) is 6.07 Å². The molecule has 0 aromatic heterocycles. The van der Waals surface area contributed by atoms with Gasteiger partial charge in [0, 0.05) is 4.47 Å². The summed E-state index contributed by atoms with van der Waals surface area (Å²) < 4.78 is 40.8. The van der Waals surface area contributed by atoms with Crippen LogP contribution in [0.15, 0.2) is 45.8 Å². The van der Waals surface area contributed by atoms with E-state index < -0.39 is 15.8 Å². The van der Waals surface area contributed by atoms with Gasteiger partial charge in [-0.25, -0.2) is 12.8 Å². The van der Waals surface area contributed by atoms with Crippen LogP contribution in [0.4, 0.5) is 10.1 Å².